The van der Waals surface area contributed by atoms with Crippen molar-refractivity contribution in [1.82, 2.24) is 4.98 Å². The monoisotopic (exact) mass is 223 g/mol. The maximum absolute atomic E-state index is 9.05. The molecule has 4 nitrogen and oxygen atoms in total. The molecule has 0 aliphatic rings. The molecule has 0 fully saturated rings. The summed E-state index contributed by atoms with van der Waals surface area (Å²) in [7, 11) is 1.86. The molecule has 0 saturated heterocycles. The van der Waals surface area contributed by atoms with E-state index in [2.05, 4.69) is 22.1 Å². The van der Waals surface area contributed by atoms with Crippen molar-refractivity contribution >= 4 is 11.5 Å². The van der Waals surface area contributed by atoms with E-state index in [-0.39, 0.29) is 6.61 Å². The third-order valence-electron chi connectivity index (χ3n) is 2.52. The molecule has 1 aromatic heterocycles. The van der Waals surface area contributed by atoms with Crippen molar-refractivity contribution in [2.45, 2.75) is 19.8 Å². The maximum atomic E-state index is 9.05. The Bertz CT molecular complexity index is 304. The lowest BCUT2D eigenvalue weighted by Crippen LogP contribution is -2.27. The zero-order valence-electron chi connectivity index (χ0n) is 10.1. The van der Waals surface area contributed by atoms with E-state index in [0.29, 0.717) is 6.54 Å². The van der Waals surface area contributed by atoms with E-state index in [4.69, 9.17) is 5.11 Å². The van der Waals surface area contributed by atoms with Gasteiger partial charge in [-0.25, -0.2) is 4.98 Å². The standard InChI is InChI=1S/C12H21N3O/c1-3-4-7-15(8-9-16)11-5-6-14-12(10-11)13-2/h5-6,10,16H,3-4,7-9H2,1-2H3,(H,13,14). The first kappa shape index (κ1) is 12.8. The summed E-state index contributed by atoms with van der Waals surface area (Å²) in [5.41, 5.74) is 1.11. The van der Waals surface area contributed by atoms with Crippen molar-refractivity contribution in [3.63, 3.8) is 0 Å². The fraction of sp³-hybridized carbons (Fsp3) is 0.583. The second-order valence-electron chi connectivity index (χ2n) is 3.71. The average molecular weight is 223 g/mol. The van der Waals surface area contributed by atoms with E-state index in [0.717, 1.165) is 30.9 Å². The third-order valence-corrected chi connectivity index (χ3v) is 2.52. The zero-order chi connectivity index (χ0) is 11.8. The molecule has 0 aliphatic carbocycles. The van der Waals surface area contributed by atoms with Crippen molar-refractivity contribution < 1.29 is 5.11 Å². The molecule has 1 rings (SSSR count). The van der Waals surface area contributed by atoms with Crippen LogP contribution in [0.15, 0.2) is 18.3 Å². The Kier molecular flexibility index (Phi) is 5.64. The number of aromatic nitrogens is 1. The highest BCUT2D eigenvalue weighted by molar-refractivity contribution is 5.53. The van der Waals surface area contributed by atoms with Crippen molar-refractivity contribution in [3.8, 4) is 0 Å². The van der Waals surface area contributed by atoms with Crippen molar-refractivity contribution in [3.05, 3.63) is 18.3 Å². The first-order chi connectivity index (χ1) is 7.81. The number of pyridine rings is 1. The first-order valence-electron chi connectivity index (χ1n) is 5.81. The first-order valence-corrected chi connectivity index (χ1v) is 5.81. The minimum Gasteiger partial charge on any atom is -0.395 e. The molecular weight excluding hydrogens is 202 g/mol. The molecule has 0 spiro atoms. The summed E-state index contributed by atoms with van der Waals surface area (Å²) in [4.78, 5) is 6.37. The molecule has 0 aromatic carbocycles. The molecule has 0 radical (unpaired) electrons. The van der Waals surface area contributed by atoms with E-state index in [9.17, 15) is 0 Å². The van der Waals surface area contributed by atoms with Crippen LogP contribution >= 0.6 is 0 Å². The summed E-state index contributed by atoms with van der Waals surface area (Å²) in [5.74, 6) is 0.858. The van der Waals surface area contributed by atoms with Crippen LogP contribution in [0, 0.1) is 0 Å². The van der Waals surface area contributed by atoms with Crippen molar-refractivity contribution in [2.75, 3.05) is 37.0 Å². The molecule has 1 heterocycles. The second kappa shape index (κ2) is 7.06. The minimum absolute atomic E-state index is 0.181. The Labute approximate surface area is 97.3 Å². The van der Waals surface area contributed by atoms with Gasteiger partial charge >= 0.3 is 0 Å². The van der Waals surface area contributed by atoms with Gasteiger partial charge in [0.1, 0.15) is 5.82 Å². The summed E-state index contributed by atoms with van der Waals surface area (Å²) in [6.45, 7) is 4.00. The van der Waals surface area contributed by atoms with Crippen LogP contribution in [-0.2, 0) is 0 Å². The molecule has 0 bridgehead atoms. The van der Waals surface area contributed by atoms with Crippen LogP contribution in [0.5, 0.6) is 0 Å². The molecule has 16 heavy (non-hydrogen) atoms. The Balaban J connectivity index is 2.73. The van der Waals surface area contributed by atoms with Gasteiger partial charge in [0.25, 0.3) is 0 Å². The molecule has 1 aromatic rings. The Morgan fingerprint density at radius 2 is 2.25 bits per heavy atom. The highest BCUT2D eigenvalue weighted by Crippen LogP contribution is 2.17. The van der Waals surface area contributed by atoms with E-state index in [1.807, 2.05) is 19.2 Å². The molecule has 4 heteroatoms. The Morgan fingerprint density at radius 3 is 2.88 bits per heavy atom. The molecule has 2 N–H and O–H groups in total. The molecule has 0 saturated carbocycles. The van der Waals surface area contributed by atoms with Crippen LogP contribution in [0.2, 0.25) is 0 Å². The van der Waals surface area contributed by atoms with E-state index < -0.39 is 0 Å². The largest absolute Gasteiger partial charge is 0.395 e. The number of hydrogen-bond donors (Lipinski definition) is 2. The van der Waals surface area contributed by atoms with Crippen LogP contribution < -0.4 is 10.2 Å². The number of nitrogens with zero attached hydrogens (tertiary/aromatic N) is 2. The molecular formula is C12H21N3O. The summed E-state index contributed by atoms with van der Waals surface area (Å²) in [6, 6.07) is 3.98. The molecule has 0 atom stereocenters. The number of aliphatic hydroxyl groups is 1. The van der Waals surface area contributed by atoms with Crippen molar-refractivity contribution in [1.29, 1.82) is 0 Å². The summed E-state index contributed by atoms with van der Waals surface area (Å²) >= 11 is 0. The average Bonchev–Trinajstić information content (AvgIpc) is 2.34. The van der Waals surface area contributed by atoms with Gasteiger partial charge in [-0.3, -0.25) is 0 Å². The highest BCUT2D eigenvalue weighted by Gasteiger charge is 2.05. The smallest absolute Gasteiger partial charge is 0.127 e. The van der Waals surface area contributed by atoms with Crippen LogP contribution in [0.3, 0.4) is 0 Å². The summed E-state index contributed by atoms with van der Waals surface area (Å²) in [5, 5.41) is 12.1. The number of anilines is 2. The van der Waals surface area contributed by atoms with E-state index >= 15 is 0 Å². The maximum Gasteiger partial charge on any atom is 0.127 e. The van der Waals surface area contributed by atoms with Crippen LogP contribution in [0.25, 0.3) is 0 Å². The fourth-order valence-corrected chi connectivity index (χ4v) is 1.59. The summed E-state index contributed by atoms with van der Waals surface area (Å²) < 4.78 is 0. The normalized spacial score (nSPS) is 10.2. The fourth-order valence-electron chi connectivity index (χ4n) is 1.59. The lowest BCUT2D eigenvalue weighted by Gasteiger charge is -2.24. The third kappa shape index (κ3) is 3.70. The van der Waals surface area contributed by atoms with Gasteiger partial charge in [0.15, 0.2) is 0 Å². The molecule has 90 valence electrons. The molecule has 0 aliphatic heterocycles. The van der Waals surface area contributed by atoms with Gasteiger partial charge in [-0.05, 0) is 12.5 Å². The van der Waals surface area contributed by atoms with Crippen LogP contribution in [-0.4, -0.2) is 36.8 Å². The lowest BCUT2D eigenvalue weighted by molar-refractivity contribution is 0.301. The SMILES string of the molecule is CCCCN(CCO)c1ccnc(NC)c1. The van der Waals surface area contributed by atoms with Gasteiger partial charge in [-0.2, -0.15) is 0 Å². The molecule has 0 amide bonds. The number of nitrogens with one attached hydrogen (secondary N) is 1. The number of rotatable bonds is 7. The topological polar surface area (TPSA) is 48.4 Å². The predicted octanol–water partition coefficient (Wildman–Crippen LogP) is 1.72. The molecule has 0 unspecified atom stereocenters. The van der Waals surface area contributed by atoms with Crippen molar-refractivity contribution in [2.24, 2.45) is 0 Å². The van der Waals surface area contributed by atoms with Gasteiger partial charge in [0, 0.05) is 38.1 Å². The Morgan fingerprint density at radius 1 is 1.44 bits per heavy atom. The van der Waals surface area contributed by atoms with Gasteiger partial charge < -0.3 is 15.3 Å². The van der Waals surface area contributed by atoms with Gasteiger partial charge in [-0.15, -0.1) is 0 Å². The zero-order valence-corrected chi connectivity index (χ0v) is 10.1. The van der Waals surface area contributed by atoms with Gasteiger partial charge in [0.05, 0.1) is 6.61 Å². The number of unbranched alkanes of at least 4 members (excludes halogenated alkanes) is 1. The second-order valence-corrected chi connectivity index (χ2v) is 3.71. The number of hydrogen-bond acceptors (Lipinski definition) is 4. The summed E-state index contributed by atoms with van der Waals surface area (Å²) in [6.07, 6.45) is 4.08. The van der Waals surface area contributed by atoms with Gasteiger partial charge in [-0.1, -0.05) is 13.3 Å². The van der Waals surface area contributed by atoms with E-state index in [1.165, 1.54) is 0 Å². The van der Waals surface area contributed by atoms with Gasteiger partial charge in [0.2, 0.25) is 0 Å². The predicted molar refractivity (Wildman–Crippen MR) is 68.0 cm³/mol. The minimum atomic E-state index is 0.181. The quantitative estimate of drug-likeness (QED) is 0.739. The van der Waals surface area contributed by atoms with E-state index in [1.54, 1.807) is 6.20 Å². The Hall–Kier alpha value is -1.29. The highest BCUT2D eigenvalue weighted by atomic mass is 16.3. The van der Waals surface area contributed by atoms with Crippen LogP contribution in [0.4, 0.5) is 11.5 Å². The lowest BCUT2D eigenvalue weighted by atomic mass is 10.2. The van der Waals surface area contributed by atoms with Crippen LogP contribution in [0.1, 0.15) is 19.8 Å². The number of aliphatic hydroxyl groups excluding tert-OH is 1.